The summed E-state index contributed by atoms with van der Waals surface area (Å²) in [5, 5.41) is 11.6. The van der Waals surface area contributed by atoms with Gasteiger partial charge in [0, 0.05) is 11.8 Å². The molecule has 8 nitrogen and oxygen atoms in total. The minimum absolute atomic E-state index is 0.0469. The lowest BCUT2D eigenvalue weighted by atomic mass is 9.94. The van der Waals surface area contributed by atoms with Crippen LogP contribution in [0.3, 0.4) is 0 Å². The fourth-order valence-electron chi connectivity index (χ4n) is 4.64. The number of aryl methyl sites for hydroxylation is 1. The normalized spacial score (nSPS) is 16.3. The fourth-order valence-corrected chi connectivity index (χ4v) is 4.64. The number of carbonyl (C=O) groups is 3. The second-order valence-corrected chi connectivity index (χ2v) is 9.03. The Morgan fingerprint density at radius 3 is 2.31 bits per heavy atom. The highest BCUT2D eigenvalue weighted by Gasteiger charge is 2.47. The Morgan fingerprint density at radius 2 is 1.67 bits per heavy atom. The van der Waals surface area contributed by atoms with Crippen molar-refractivity contribution in [3.63, 3.8) is 0 Å². The average Bonchev–Trinajstić information content (AvgIpc) is 3.19. The molecule has 3 aromatic rings. The summed E-state index contributed by atoms with van der Waals surface area (Å²) in [6, 6.07) is 18.3. The minimum Gasteiger partial charge on any atom is -0.507 e. The van der Waals surface area contributed by atoms with Crippen LogP contribution in [0.1, 0.15) is 42.1 Å². The Kier molecular flexibility index (Phi) is 8.34. The van der Waals surface area contributed by atoms with Gasteiger partial charge in [-0.05, 0) is 56.2 Å². The van der Waals surface area contributed by atoms with Crippen LogP contribution in [-0.4, -0.2) is 43.1 Å². The monoisotopic (exact) mass is 529 g/mol. The molecule has 202 valence electrons. The van der Waals surface area contributed by atoms with E-state index in [4.69, 9.17) is 14.2 Å². The van der Waals surface area contributed by atoms with Crippen LogP contribution < -0.4 is 14.4 Å². The number of methoxy groups -OCH3 is 1. The molecule has 1 amide bonds. The minimum atomic E-state index is -0.891. The number of hydrogen-bond acceptors (Lipinski definition) is 7. The Bertz CT molecular complexity index is 1430. The first-order chi connectivity index (χ1) is 18.8. The molecule has 0 spiro atoms. The summed E-state index contributed by atoms with van der Waals surface area (Å²) in [5.74, 6) is -1.41. The van der Waals surface area contributed by atoms with E-state index in [1.165, 1.54) is 12.0 Å². The topological polar surface area (TPSA) is 102 Å². The second-order valence-electron chi connectivity index (χ2n) is 9.03. The molecule has 0 aromatic heterocycles. The number of anilines is 1. The largest absolute Gasteiger partial charge is 0.507 e. The van der Waals surface area contributed by atoms with Gasteiger partial charge >= 0.3 is 5.97 Å². The molecule has 1 atom stereocenters. The molecule has 1 unspecified atom stereocenters. The fraction of sp³-hybridized carbons (Fsp3) is 0.258. The third kappa shape index (κ3) is 5.65. The van der Waals surface area contributed by atoms with Gasteiger partial charge in [0.25, 0.3) is 11.7 Å². The molecule has 1 aliphatic rings. The highest BCUT2D eigenvalue weighted by molar-refractivity contribution is 6.51. The zero-order valence-electron chi connectivity index (χ0n) is 22.4. The van der Waals surface area contributed by atoms with E-state index >= 15 is 0 Å². The molecular formula is C31H31NO7. The van der Waals surface area contributed by atoms with Crippen LogP contribution in [0, 0.1) is 6.92 Å². The average molecular weight is 530 g/mol. The predicted molar refractivity (Wildman–Crippen MR) is 147 cm³/mol. The van der Waals surface area contributed by atoms with E-state index in [2.05, 4.69) is 0 Å². The first-order valence-electron chi connectivity index (χ1n) is 12.7. The maximum Gasteiger partial charge on any atom is 0.309 e. The number of amides is 1. The predicted octanol–water partition coefficient (Wildman–Crippen LogP) is 5.13. The summed E-state index contributed by atoms with van der Waals surface area (Å²) in [6.07, 6.45) is 0.0782. The molecule has 3 aromatic carbocycles. The summed E-state index contributed by atoms with van der Waals surface area (Å²) in [7, 11) is 1.32. The van der Waals surface area contributed by atoms with Crippen LogP contribution in [0.5, 0.6) is 11.5 Å². The van der Waals surface area contributed by atoms with E-state index in [9.17, 15) is 19.5 Å². The Morgan fingerprint density at radius 1 is 0.949 bits per heavy atom. The Hall–Kier alpha value is -4.59. The Balaban J connectivity index is 1.88. The summed E-state index contributed by atoms with van der Waals surface area (Å²) >= 11 is 0. The summed E-state index contributed by atoms with van der Waals surface area (Å²) in [4.78, 5) is 40.1. The molecule has 0 saturated carbocycles. The molecule has 1 N–H and O–H groups in total. The summed E-state index contributed by atoms with van der Waals surface area (Å²) in [6.45, 7) is 6.36. The van der Waals surface area contributed by atoms with Gasteiger partial charge in [0.1, 0.15) is 17.3 Å². The van der Waals surface area contributed by atoms with Crippen molar-refractivity contribution in [3.05, 3.63) is 94.6 Å². The van der Waals surface area contributed by atoms with E-state index in [1.807, 2.05) is 45.0 Å². The highest BCUT2D eigenvalue weighted by atomic mass is 16.5. The van der Waals surface area contributed by atoms with Crippen molar-refractivity contribution in [2.24, 2.45) is 0 Å². The lowest BCUT2D eigenvalue weighted by molar-refractivity contribution is -0.139. The lowest BCUT2D eigenvalue weighted by Gasteiger charge is -2.26. The van der Waals surface area contributed by atoms with Crippen LogP contribution in [-0.2, 0) is 25.5 Å². The highest BCUT2D eigenvalue weighted by Crippen LogP contribution is 2.44. The summed E-state index contributed by atoms with van der Waals surface area (Å²) in [5.41, 5.74) is 2.98. The van der Waals surface area contributed by atoms with Gasteiger partial charge in [0.2, 0.25) is 0 Å². The van der Waals surface area contributed by atoms with Crippen molar-refractivity contribution in [1.82, 2.24) is 0 Å². The number of hydrogen-bond donors (Lipinski definition) is 1. The van der Waals surface area contributed by atoms with Crippen molar-refractivity contribution < 1.29 is 33.7 Å². The van der Waals surface area contributed by atoms with Crippen molar-refractivity contribution in [2.45, 2.75) is 33.2 Å². The molecule has 0 radical (unpaired) electrons. The number of Topliss-reactive ketones (excluding diaryl/α,β-unsaturated/α-hetero) is 1. The van der Waals surface area contributed by atoms with Crippen LogP contribution in [0.2, 0.25) is 0 Å². The zero-order valence-corrected chi connectivity index (χ0v) is 22.4. The molecule has 1 heterocycles. The molecule has 1 saturated heterocycles. The smallest absolute Gasteiger partial charge is 0.309 e. The van der Waals surface area contributed by atoms with Gasteiger partial charge in [-0.25, -0.2) is 0 Å². The molecule has 1 fully saturated rings. The SMILES string of the molecule is CCOc1ccc(/C(O)=C2/C(=O)C(=O)N(c3ccc(CC(=O)OC)cc3)C2c2cccc(C)c2)c(OCC)c1. The van der Waals surface area contributed by atoms with E-state index in [1.54, 1.807) is 42.5 Å². The molecule has 39 heavy (non-hydrogen) atoms. The molecule has 1 aliphatic heterocycles. The van der Waals surface area contributed by atoms with Gasteiger partial charge < -0.3 is 19.3 Å². The first kappa shape index (κ1) is 27.4. The molecule has 0 aliphatic carbocycles. The lowest BCUT2D eigenvalue weighted by Crippen LogP contribution is -2.29. The summed E-state index contributed by atoms with van der Waals surface area (Å²) < 4.78 is 16.1. The Labute approximate surface area is 227 Å². The van der Waals surface area contributed by atoms with E-state index < -0.39 is 17.7 Å². The number of aliphatic hydroxyl groups excluding tert-OH is 1. The van der Waals surface area contributed by atoms with Crippen molar-refractivity contribution in [3.8, 4) is 11.5 Å². The second kappa shape index (κ2) is 11.9. The van der Waals surface area contributed by atoms with Gasteiger partial charge in [0.15, 0.2) is 0 Å². The maximum atomic E-state index is 13.5. The molecule has 4 rings (SSSR count). The zero-order chi connectivity index (χ0) is 28.1. The van der Waals surface area contributed by atoms with Crippen LogP contribution in [0.15, 0.2) is 72.3 Å². The third-order valence-electron chi connectivity index (χ3n) is 6.41. The van der Waals surface area contributed by atoms with Gasteiger partial charge in [-0.15, -0.1) is 0 Å². The van der Waals surface area contributed by atoms with Crippen LogP contribution in [0.4, 0.5) is 5.69 Å². The number of nitrogens with zero attached hydrogens (tertiary/aromatic N) is 1. The van der Waals surface area contributed by atoms with Crippen molar-refractivity contribution in [1.29, 1.82) is 0 Å². The maximum absolute atomic E-state index is 13.5. The van der Waals surface area contributed by atoms with Gasteiger partial charge in [-0.3, -0.25) is 19.3 Å². The van der Waals surface area contributed by atoms with E-state index in [0.29, 0.717) is 41.5 Å². The van der Waals surface area contributed by atoms with Crippen LogP contribution in [0.25, 0.3) is 5.76 Å². The number of rotatable bonds is 9. The van der Waals surface area contributed by atoms with E-state index in [0.717, 1.165) is 5.56 Å². The molecule has 0 bridgehead atoms. The number of esters is 1. The van der Waals surface area contributed by atoms with Crippen LogP contribution >= 0.6 is 0 Å². The van der Waals surface area contributed by atoms with Crippen molar-refractivity contribution >= 4 is 29.1 Å². The first-order valence-corrected chi connectivity index (χ1v) is 12.7. The van der Waals surface area contributed by atoms with Gasteiger partial charge in [-0.1, -0.05) is 42.0 Å². The number of ether oxygens (including phenoxy) is 3. The number of aliphatic hydroxyl groups is 1. The third-order valence-corrected chi connectivity index (χ3v) is 6.41. The van der Waals surface area contributed by atoms with Gasteiger partial charge in [-0.2, -0.15) is 0 Å². The van der Waals surface area contributed by atoms with E-state index in [-0.39, 0.29) is 29.3 Å². The van der Waals surface area contributed by atoms with Crippen molar-refractivity contribution in [2.75, 3.05) is 25.2 Å². The molecular weight excluding hydrogens is 498 g/mol. The quantitative estimate of drug-likeness (QED) is 0.177. The molecule has 8 heteroatoms. The van der Waals surface area contributed by atoms with Gasteiger partial charge in [0.05, 0.1) is 43.9 Å². The number of benzene rings is 3. The number of carbonyl (C=O) groups excluding carboxylic acids is 3. The number of ketones is 1. The standard InChI is InChI=1S/C31H31NO7/c1-5-38-23-14-15-24(25(18-23)39-6-2)29(34)27-28(21-9-7-8-19(3)16-21)32(31(36)30(27)35)22-12-10-20(11-13-22)17-26(33)37-4/h7-16,18,28,34H,5-6,17H2,1-4H3/b29-27-.